The molecule has 0 aliphatic carbocycles. The number of rotatable bonds is 2. The number of hydrogen-bond acceptors (Lipinski definition) is 4. The summed E-state index contributed by atoms with van der Waals surface area (Å²) in [5.41, 5.74) is 0.338. The van der Waals surface area contributed by atoms with Crippen LogP contribution in [0.15, 0.2) is 6.20 Å². The molecule has 0 spiro atoms. The molecule has 1 aliphatic heterocycles. The summed E-state index contributed by atoms with van der Waals surface area (Å²) >= 11 is 0. The molecule has 1 aromatic heterocycles. The minimum absolute atomic E-state index is 0.0317. The molecule has 0 bridgehead atoms. The fraction of sp³-hybridized carbons (Fsp3) is 0.500. The minimum Gasteiger partial charge on any atom is -0.379 e. The van der Waals surface area contributed by atoms with Crippen molar-refractivity contribution in [3.05, 3.63) is 11.8 Å². The van der Waals surface area contributed by atoms with Crippen LogP contribution in [0.4, 0.5) is 10.6 Å². The lowest BCUT2D eigenvalue weighted by Crippen LogP contribution is -2.38. The van der Waals surface area contributed by atoms with Crippen LogP contribution in [0.3, 0.4) is 0 Å². The third kappa shape index (κ3) is 2.73. The van der Waals surface area contributed by atoms with Gasteiger partial charge in [-0.05, 0) is 6.42 Å². The number of nitrogens with one attached hydrogen (secondary N) is 2. The summed E-state index contributed by atoms with van der Waals surface area (Å²) in [5, 5.41) is 18.1. The third-order valence-corrected chi connectivity index (χ3v) is 2.45. The van der Waals surface area contributed by atoms with E-state index in [0.717, 1.165) is 6.42 Å². The number of nitrogens with zero attached hydrogens (tertiary/aromatic N) is 3. The van der Waals surface area contributed by atoms with E-state index >= 15 is 0 Å². The summed E-state index contributed by atoms with van der Waals surface area (Å²) in [7, 11) is 1.69. The molecule has 1 atom stereocenters. The van der Waals surface area contributed by atoms with Gasteiger partial charge in [-0.1, -0.05) is 0 Å². The second-order valence-corrected chi connectivity index (χ2v) is 3.84. The van der Waals surface area contributed by atoms with Crippen molar-refractivity contribution in [3.8, 4) is 6.07 Å². The number of urea groups is 1. The zero-order chi connectivity index (χ0) is 12.3. The molecule has 17 heavy (non-hydrogen) atoms. The molecule has 1 saturated heterocycles. The van der Waals surface area contributed by atoms with Crippen molar-refractivity contribution in [1.82, 2.24) is 15.1 Å². The van der Waals surface area contributed by atoms with Gasteiger partial charge in [-0.25, -0.2) is 4.79 Å². The van der Waals surface area contributed by atoms with Crippen molar-refractivity contribution in [2.24, 2.45) is 7.05 Å². The van der Waals surface area contributed by atoms with Gasteiger partial charge in [0, 0.05) is 19.9 Å². The van der Waals surface area contributed by atoms with Crippen molar-refractivity contribution in [2.75, 3.05) is 18.5 Å². The Morgan fingerprint density at radius 3 is 3.24 bits per heavy atom. The molecular formula is C10H13N5O2. The van der Waals surface area contributed by atoms with Gasteiger partial charge in [-0.3, -0.25) is 10.00 Å². The molecule has 0 radical (unpaired) electrons. The molecule has 7 nitrogen and oxygen atoms in total. The van der Waals surface area contributed by atoms with E-state index in [0.29, 0.717) is 18.8 Å². The van der Waals surface area contributed by atoms with Gasteiger partial charge >= 0.3 is 6.03 Å². The maximum atomic E-state index is 11.6. The lowest BCUT2D eigenvalue weighted by molar-refractivity contribution is 0.189. The van der Waals surface area contributed by atoms with Crippen molar-refractivity contribution in [2.45, 2.75) is 12.5 Å². The van der Waals surface area contributed by atoms with Crippen LogP contribution < -0.4 is 10.6 Å². The van der Waals surface area contributed by atoms with Crippen LogP contribution in [0, 0.1) is 11.3 Å². The molecule has 1 fully saturated rings. The SMILES string of the molecule is Cn1cc(C#N)c(NC(=O)NC2CCOC2)n1. The van der Waals surface area contributed by atoms with Gasteiger partial charge in [0.25, 0.3) is 0 Å². The molecule has 7 heteroatoms. The fourth-order valence-electron chi connectivity index (χ4n) is 1.64. The normalized spacial score (nSPS) is 18.7. The maximum absolute atomic E-state index is 11.6. The van der Waals surface area contributed by atoms with E-state index in [9.17, 15) is 4.79 Å². The molecule has 2 N–H and O–H groups in total. The van der Waals surface area contributed by atoms with Gasteiger partial charge in [-0.2, -0.15) is 10.4 Å². The maximum Gasteiger partial charge on any atom is 0.320 e. The van der Waals surface area contributed by atoms with Crippen LogP contribution in [0.5, 0.6) is 0 Å². The Kier molecular flexibility index (Phi) is 3.25. The lowest BCUT2D eigenvalue weighted by Gasteiger charge is -2.10. The first-order valence-electron chi connectivity index (χ1n) is 5.28. The number of ether oxygens (including phenoxy) is 1. The molecule has 1 unspecified atom stereocenters. The Balaban J connectivity index is 1.95. The van der Waals surface area contributed by atoms with Gasteiger partial charge in [-0.15, -0.1) is 0 Å². The van der Waals surface area contributed by atoms with Crippen molar-refractivity contribution in [3.63, 3.8) is 0 Å². The molecule has 0 aromatic carbocycles. The van der Waals surface area contributed by atoms with E-state index in [1.165, 1.54) is 4.68 Å². The molecular weight excluding hydrogens is 222 g/mol. The highest BCUT2D eigenvalue weighted by atomic mass is 16.5. The second kappa shape index (κ2) is 4.84. The van der Waals surface area contributed by atoms with E-state index in [-0.39, 0.29) is 17.9 Å². The van der Waals surface area contributed by atoms with Gasteiger partial charge in [0.15, 0.2) is 5.82 Å². The number of carbonyl (C=O) groups excluding carboxylic acids is 1. The quantitative estimate of drug-likeness (QED) is 0.766. The first-order valence-corrected chi connectivity index (χ1v) is 5.28. The van der Waals surface area contributed by atoms with E-state index < -0.39 is 0 Å². The summed E-state index contributed by atoms with van der Waals surface area (Å²) < 4.78 is 6.62. The average Bonchev–Trinajstić information content (AvgIpc) is 2.88. The van der Waals surface area contributed by atoms with Gasteiger partial charge in [0.1, 0.15) is 11.6 Å². The zero-order valence-corrected chi connectivity index (χ0v) is 9.43. The summed E-state index contributed by atoms with van der Waals surface area (Å²) in [5.74, 6) is 0.270. The summed E-state index contributed by atoms with van der Waals surface area (Å²) in [6.07, 6.45) is 2.36. The number of amides is 2. The first-order chi connectivity index (χ1) is 8.19. The molecule has 1 aliphatic rings. The van der Waals surface area contributed by atoms with E-state index in [4.69, 9.17) is 10.00 Å². The van der Waals surface area contributed by atoms with Crippen molar-refractivity contribution in [1.29, 1.82) is 5.26 Å². The van der Waals surface area contributed by atoms with E-state index in [1.807, 2.05) is 6.07 Å². The molecule has 0 saturated carbocycles. The number of hydrogen-bond donors (Lipinski definition) is 2. The number of carbonyl (C=O) groups is 1. The zero-order valence-electron chi connectivity index (χ0n) is 9.43. The Bertz CT molecular complexity index is 456. The van der Waals surface area contributed by atoms with Crippen LogP contribution >= 0.6 is 0 Å². The van der Waals surface area contributed by atoms with E-state index in [2.05, 4.69) is 15.7 Å². The fourth-order valence-corrected chi connectivity index (χ4v) is 1.64. The monoisotopic (exact) mass is 235 g/mol. The Hall–Kier alpha value is -2.07. The van der Waals surface area contributed by atoms with Crippen LogP contribution in [0.1, 0.15) is 12.0 Å². The Labute approximate surface area is 98.4 Å². The van der Waals surface area contributed by atoms with Crippen LogP contribution in [-0.4, -0.2) is 35.1 Å². The summed E-state index contributed by atoms with van der Waals surface area (Å²) in [4.78, 5) is 11.6. The average molecular weight is 235 g/mol. The third-order valence-electron chi connectivity index (χ3n) is 2.45. The number of aromatic nitrogens is 2. The Morgan fingerprint density at radius 1 is 1.76 bits per heavy atom. The van der Waals surface area contributed by atoms with Crippen molar-refractivity contribution < 1.29 is 9.53 Å². The summed E-state index contributed by atoms with van der Waals surface area (Å²) in [6, 6.07) is 1.63. The van der Waals surface area contributed by atoms with Crippen LogP contribution in [0.25, 0.3) is 0 Å². The Morgan fingerprint density at radius 2 is 2.59 bits per heavy atom. The number of nitriles is 1. The second-order valence-electron chi connectivity index (χ2n) is 3.84. The lowest BCUT2D eigenvalue weighted by atomic mass is 10.3. The smallest absolute Gasteiger partial charge is 0.320 e. The van der Waals surface area contributed by atoms with E-state index in [1.54, 1.807) is 13.2 Å². The predicted octanol–water partition coefficient (Wildman–Crippen LogP) is 0.202. The molecule has 90 valence electrons. The summed E-state index contributed by atoms with van der Waals surface area (Å²) in [6.45, 7) is 1.19. The first kappa shape index (κ1) is 11.4. The van der Waals surface area contributed by atoms with Gasteiger partial charge in [0.05, 0.1) is 12.6 Å². The molecule has 2 rings (SSSR count). The van der Waals surface area contributed by atoms with Gasteiger partial charge < -0.3 is 10.1 Å². The topological polar surface area (TPSA) is 92.0 Å². The molecule has 2 heterocycles. The molecule has 1 aromatic rings. The van der Waals surface area contributed by atoms with Crippen LogP contribution in [-0.2, 0) is 11.8 Å². The highest BCUT2D eigenvalue weighted by Crippen LogP contribution is 2.11. The van der Waals surface area contributed by atoms with Crippen molar-refractivity contribution >= 4 is 11.8 Å². The van der Waals surface area contributed by atoms with Gasteiger partial charge in [0.2, 0.25) is 0 Å². The van der Waals surface area contributed by atoms with Crippen LogP contribution in [0.2, 0.25) is 0 Å². The number of aryl methyl sites for hydroxylation is 1. The predicted molar refractivity (Wildman–Crippen MR) is 59.3 cm³/mol. The number of anilines is 1. The molecule has 2 amide bonds. The highest BCUT2D eigenvalue weighted by molar-refractivity contribution is 5.89. The highest BCUT2D eigenvalue weighted by Gasteiger charge is 2.18. The minimum atomic E-state index is -0.365. The standard InChI is InChI=1S/C10H13N5O2/c1-15-5-7(4-11)9(14-15)13-10(16)12-8-2-3-17-6-8/h5,8H,2-3,6H2,1H3,(H2,12,13,14,16). The largest absolute Gasteiger partial charge is 0.379 e.